The third kappa shape index (κ3) is 4.95. The predicted octanol–water partition coefficient (Wildman–Crippen LogP) is 2.77. The highest BCUT2D eigenvalue weighted by molar-refractivity contribution is 7.07. The summed E-state index contributed by atoms with van der Waals surface area (Å²) in [6, 6.07) is 13.7. The first-order valence-electron chi connectivity index (χ1n) is 11.0. The van der Waals surface area contributed by atoms with E-state index < -0.39 is 12.0 Å². The Bertz CT molecular complexity index is 1480. The summed E-state index contributed by atoms with van der Waals surface area (Å²) >= 11 is 1.26. The van der Waals surface area contributed by atoms with Gasteiger partial charge in [-0.3, -0.25) is 14.2 Å². The summed E-state index contributed by atoms with van der Waals surface area (Å²) in [4.78, 5) is 42.9. The van der Waals surface area contributed by atoms with Gasteiger partial charge in [0.15, 0.2) is 4.80 Å². The van der Waals surface area contributed by atoms with Gasteiger partial charge in [-0.05, 0) is 55.3 Å². The van der Waals surface area contributed by atoms with Gasteiger partial charge in [0, 0.05) is 12.6 Å². The van der Waals surface area contributed by atoms with Crippen LogP contribution in [0, 0.1) is 0 Å². The van der Waals surface area contributed by atoms with E-state index in [1.54, 1.807) is 55.9 Å². The SMILES string of the molecule is CCOC(=O)C1=C(C)N=c2s/c(=C\c3ccc(NC(C)=O)cc3)c(=O)n2C1c1ccc(OC)cc1. The van der Waals surface area contributed by atoms with Crippen LogP contribution in [0.3, 0.4) is 0 Å². The summed E-state index contributed by atoms with van der Waals surface area (Å²) in [7, 11) is 1.58. The number of thiazole rings is 1. The number of aromatic nitrogens is 1. The third-order valence-electron chi connectivity index (χ3n) is 5.48. The molecule has 1 N–H and O–H groups in total. The fraction of sp³-hybridized carbons (Fsp3) is 0.231. The molecule has 2 aromatic carbocycles. The second-order valence-corrected chi connectivity index (χ2v) is 8.89. The average molecular weight is 492 g/mol. The smallest absolute Gasteiger partial charge is 0.338 e. The van der Waals surface area contributed by atoms with E-state index in [0.29, 0.717) is 32.0 Å². The van der Waals surface area contributed by atoms with Crippen LogP contribution in [0.15, 0.2) is 69.6 Å². The van der Waals surface area contributed by atoms with Crippen molar-refractivity contribution in [3.05, 3.63) is 90.6 Å². The Labute approximate surface area is 205 Å². The zero-order valence-electron chi connectivity index (χ0n) is 19.8. The number of hydrogen-bond donors (Lipinski definition) is 1. The summed E-state index contributed by atoms with van der Waals surface area (Å²) in [6.07, 6.45) is 1.77. The van der Waals surface area contributed by atoms with Crippen LogP contribution < -0.4 is 24.9 Å². The Balaban J connectivity index is 1.85. The number of fused-ring (bicyclic) bond motifs is 1. The summed E-state index contributed by atoms with van der Waals surface area (Å²) in [5.41, 5.74) is 2.80. The second kappa shape index (κ2) is 10.1. The fourth-order valence-corrected chi connectivity index (χ4v) is 4.96. The van der Waals surface area contributed by atoms with Crippen molar-refractivity contribution in [2.75, 3.05) is 19.0 Å². The Kier molecular flexibility index (Phi) is 6.97. The Morgan fingerprint density at radius 1 is 1.14 bits per heavy atom. The normalized spacial score (nSPS) is 15.3. The number of esters is 1. The quantitative estimate of drug-likeness (QED) is 0.535. The van der Waals surface area contributed by atoms with Gasteiger partial charge in [-0.25, -0.2) is 9.79 Å². The van der Waals surface area contributed by atoms with Gasteiger partial charge < -0.3 is 14.8 Å². The first kappa shape index (κ1) is 24.2. The third-order valence-corrected chi connectivity index (χ3v) is 6.46. The molecule has 9 heteroatoms. The zero-order valence-corrected chi connectivity index (χ0v) is 20.6. The monoisotopic (exact) mass is 491 g/mol. The van der Waals surface area contributed by atoms with E-state index in [1.807, 2.05) is 24.3 Å². The topological polar surface area (TPSA) is 99.0 Å². The number of allylic oxidation sites excluding steroid dienone is 1. The molecule has 0 saturated carbocycles. The highest BCUT2D eigenvalue weighted by Crippen LogP contribution is 2.31. The first-order chi connectivity index (χ1) is 16.8. The molecular formula is C26H25N3O5S. The van der Waals surface area contributed by atoms with E-state index >= 15 is 0 Å². The fourth-order valence-electron chi connectivity index (χ4n) is 3.91. The zero-order chi connectivity index (χ0) is 25.1. The van der Waals surface area contributed by atoms with Crippen LogP contribution in [0.2, 0.25) is 0 Å². The molecule has 0 spiro atoms. The number of hydrogen-bond acceptors (Lipinski definition) is 7. The summed E-state index contributed by atoms with van der Waals surface area (Å²) in [5, 5.41) is 2.72. The van der Waals surface area contributed by atoms with Gasteiger partial charge in [-0.2, -0.15) is 0 Å². The molecule has 1 atom stereocenters. The lowest BCUT2D eigenvalue weighted by Gasteiger charge is -2.24. The van der Waals surface area contributed by atoms with Gasteiger partial charge in [0.2, 0.25) is 5.91 Å². The summed E-state index contributed by atoms with van der Waals surface area (Å²) in [6.45, 7) is 5.15. The van der Waals surface area contributed by atoms with Crippen LogP contribution >= 0.6 is 11.3 Å². The minimum Gasteiger partial charge on any atom is -0.497 e. The lowest BCUT2D eigenvalue weighted by atomic mass is 9.96. The number of carbonyl (C=O) groups is 2. The molecule has 0 radical (unpaired) electrons. The maximum absolute atomic E-state index is 13.6. The van der Waals surface area contributed by atoms with Crippen LogP contribution in [0.25, 0.3) is 6.08 Å². The average Bonchev–Trinajstić information content (AvgIpc) is 3.13. The van der Waals surface area contributed by atoms with Crippen molar-refractivity contribution in [2.45, 2.75) is 26.8 Å². The lowest BCUT2D eigenvalue weighted by molar-refractivity contribution is -0.139. The number of ether oxygens (including phenoxy) is 2. The molecule has 3 aromatic rings. The number of benzene rings is 2. The molecule has 0 bridgehead atoms. The van der Waals surface area contributed by atoms with E-state index in [1.165, 1.54) is 18.3 Å². The maximum atomic E-state index is 13.6. The number of rotatable bonds is 6. The molecular weight excluding hydrogens is 466 g/mol. The van der Waals surface area contributed by atoms with Gasteiger partial charge >= 0.3 is 5.97 Å². The van der Waals surface area contributed by atoms with Crippen LogP contribution in [-0.4, -0.2) is 30.2 Å². The van der Waals surface area contributed by atoms with Gasteiger partial charge in [-0.15, -0.1) is 0 Å². The molecule has 2 heterocycles. The predicted molar refractivity (Wildman–Crippen MR) is 134 cm³/mol. The number of nitrogens with one attached hydrogen (secondary N) is 1. The van der Waals surface area contributed by atoms with Crippen molar-refractivity contribution in [2.24, 2.45) is 4.99 Å². The molecule has 1 aromatic heterocycles. The molecule has 1 aliphatic heterocycles. The van der Waals surface area contributed by atoms with Gasteiger partial charge in [-0.1, -0.05) is 35.6 Å². The molecule has 0 saturated heterocycles. The molecule has 1 amide bonds. The maximum Gasteiger partial charge on any atom is 0.338 e. The molecule has 35 heavy (non-hydrogen) atoms. The number of methoxy groups -OCH3 is 1. The Morgan fingerprint density at radius 2 is 1.83 bits per heavy atom. The van der Waals surface area contributed by atoms with Crippen LogP contribution in [0.1, 0.15) is 37.9 Å². The van der Waals surface area contributed by atoms with E-state index in [9.17, 15) is 14.4 Å². The van der Waals surface area contributed by atoms with Crippen LogP contribution in [-0.2, 0) is 14.3 Å². The largest absolute Gasteiger partial charge is 0.497 e. The highest BCUT2D eigenvalue weighted by atomic mass is 32.1. The highest BCUT2D eigenvalue weighted by Gasteiger charge is 2.33. The van der Waals surface area contributed by atoms with Crippen LogP contribution in [0.4, 0.5) is 5.69 Å². The van der Waals surface area contributed by atoms with Crippen molar-refractivity contribution in [3.63, 3.8) is 0 Å². The molecule has 1 aliphatic rings. The van der Waals surface area contributed by atoms with E-state index in [4.69, 9.17) is 9.47 Å². The van der Waals surface area contributed by atoms with Crippen molar-refractivity contribution in [1.82, 2.24) is 4.57 Å². The molecule has 4 rings (SSSR count). The van der Waals surface area contributed by atoms with Gasteiger partial charge in [0.1, 0.15) is 5.75 Å². The van der Waals surface area contributed by atoms with Crippen molar-refractivity contribution in [1.29, 1.82) is 0 Å². The number of carbonyl (C=O) groups excluding carboxylic acids is 2. The molecule has 1 unspecified atom stereocenters. The standard InChI is InChI=1S/C26H25N3O5S/c1-5-34-25(32)22-15(2)27-26-29(23(22)18-8-12-20(33-4)13-9-18)24(31)21(35-26)14-17-6-10-19(11-7-17)28-16(3)30/h6-14,23H,5H2,1-4H3,(H,28,30)/b21-14-. The lowest BCUT2D eigenvalue weighted by Crippen LogP contribution is -2.39. The summed E-state index contributed by atoms with van der Waals surface area (Å²) in [5.74, 6) is 0.0111. The Morgan fingerprint density at radius 3 is 2.43 bits per heavy atom. The second-order valence-electron chi connectivity index (χ2n) is 7.88. The number of nitrogens with zero attached hydrogens (tertiary/aromatic N) is 2. The molecule has 8 nitrogen and oxygen atoms in total. The van der Waals surface area contributed by atoms with Crippen LogP contribution in [0.5, 0.6) is 5.75 Å². The van der Waals surface area contributed by atoms with Crippen molar-refractivity contribution in [3.8, 4) is 5.75 Å². The molecule has 0 aliphatic carbocycles. The molecule has 0 fully saturated rings. The van der Waals surface area contributed by atoms with E-state index in [2.05, 4.69) is 10.3 Å². The van der Waals surface area contributed by atoms with E-state index in [-0.39, 0.29) is 18.1 Å². The Hall–Kier alpha value is -3.98. The van der Waals surface area contributed by atoms with Gasteiger partial charge in [0.05, 0.1) is 35.6 Å². The minimum atomic E-state index is -0.680. The molecule has 180 valence electrons. The van der Waals surface area contributed by atoms with Crippen molar-refractivity contribution >= 4 is 35.0 Å². The van der Waals surface area contributed by atoms with E-state index in [0.717, 1.165) is 11.1 Å². The first-order valence-corrected chi connectivity index (χ1v) is 11.8. The number of amides is 1. The van der Waals surface area contributed by atoms with Gasteiger partial charge in [0.25, 0.3) is 5.56 Å². The number of anilines is 1. The summed E-state index contributed by atoms with van der Waals surface area (Å²) < 4.78 is 12.6. The van der Waals surface area contributed by atoms with Crippen molar-refractivity contribution < 1.29 is 19.1 Å². The minimum absolute atomic E-state index is 0.155.